The van der Waals surface area contributed by atoms with Crippen molar-refractivity contribution in [3.8, 4) is 0 Å². The Hall–Kier alpha value is -2.15. The lowest BCUT2D eigenvalue weighted by atomic mass is 9.86. The summed E-state index contributed by atoms with van der Waals surface area (Å²) in [6.45, 7) is 6.01. The summed E-state index contributed by atoms with van der Waals surface area (Å²) in [5.74, 6) is -1.98. The fourth-order valence-electron chi connectivity index (χ4n) is 3.24. The first kappa shape index (κ1) is 9.09. The van der Waals surface area contributed by atoms with Crippen molar-refractivity contribution in [2.45, 2.75) is 19.6 Å². The summed E-state index contributed by atoms with van der Waals surface area (Å²) in [7, 11) is -2.34. The Morgan fingerprint density at radius 3 is 2.64 bits per heavy atom. The first-order chi connectivity index (χ1) is 12.5. The largest absolute Gasteiger partial charge is 0.289 e. The van der Waals surface area contributed by atoms with Crippen molar-refractivity contribution in [2.24, 2.45) is 5.89 Å². The van der Waals surface area contributed by atoms with Gasteiger partial charge in [-0.2, -0.15) is 0 Å². The minimum atomic E-state index is -2.34. The minimum Gasteiger partial charge on any atom is -0.289 e. The number of allylic oxidation sites excluding steroid dienone is 7. The third kappa shape index (κ3) is 1.75. The Kier molecular flexibility index (Phi) is 1.83. The molecule has 1 aromatic rings. The topological polar surface area (TPSA) is 17.1 Å². The maximum Gasteiger partial charge on any atom is 0.194 e. The van der Waals surface area contributed by atoms with Gasteiger partial charge in [-0.1, -0.05) is 73.3 Å². The van der Waals surface area contributed by atoms with E-state index in [0.29, 0.717) is 27.5 Å². The van der Waals surface area contributed by atoms with Crippen LogP contribution in [0.15, 0.2) is 70.5 Å². The van der Waals surface area contributed by atoms with E-state index in [4.69, 9.17) is 5.48 Å². The lowest BCUT2D eigenvalue weighted by molar-refractivity contribution is 0.104. The summed E-state index contributed by atoms with van der Waals surface area (Å²) in [5, 5.41) is 0.534. The summed E-state index contributed by atoms with van der Waals surface area (Å²) in [6.07, 6.45) is 0. The minimum absolute atomic E-state index is 0.106. The molecule has 1 unspecified atom stereocenters. The zero-order chi connectivity index (χ0) is 19.9. The van der Waals surface area contributed by atoms with Crippen LogP contribution in [0.5, 0.6) is 0 Å². The molecular formula is C20H18OSi. The number of carbonyl (C=O) groups is 1. The van der Waals surface area contributed by atoms with Crippen LogP contribution in [0.1, 0.15) is 22.8 Å². The Bertz CT molecular complexity index is 1110. The lowest BCUT2D eigenvalue weighted by Crippen LogP contribution is -2.33. The number of Topliss-reactive ketones (excluding diaryl/α,β-unsaturated/α-hetero) is 1. The summed E-state index contributed by atoms with van der Waals surface area (Å²) >= 11 is 0. The Morgan fingerprint density at radius 2 is 1.91 bits per heavy atom. The van der Waals surface area contributed by atoms with Crippen molar-refractivity contribution < 1.29 is 11.6 Å². The second-order valence-electron chi connectivity index (χ2n) is 6.62. The summed E-state index contributed by atoms with van der Waals surface area (Å²) in [5.41, 5.74) is 5.40. The number of rotatable bonds is 1. The standard InChI is InChI=1S/C20H18OSi/c1-22(2,3)20-14-9-5-4-8-13(14)12-17-15-10-6-7-11-16(15)19(21)18(17)20/h4-11,14H,1-3H3/i4D,5D,8D,9D,14D. The van der Waals surface area contributed by atoms with E-state index in [0.717, 1.165) is 0 Å². The summed E-state index contributed by atoms with van der Waals surface area (Å²) in [4.78, 5) is 13.2. The smallest absolute Gasteiger partial charge is 0.194 e. The van der Waals surface area contributed by atoms with Gasteiger partial charge >= 0.3 is 0 Å². The van der Waals surface area contributed by atoms with E-state index in [1.807, 2.05) is 31.8 Å². The van der Waals surface area contributed by atoms with Gasteiger partial charge in [0.1, 0.15) is 0 Å². The van der Waals surface area contributed by atoms with Crippen molar-refractivity contribution in [1.82, 2.24) is 0 Å². The second kappa shape index (κ2) is 4.42. The normalized spacial score (nSPS) is 30.5. The molecule has 3 aliphatic carbocycles. The highest BCUT2D eigenvalue weighted by molar-refractivity contribution is 6.84. The number of hydrogen-bond donors (Lipinski definition) is 0. The average Bonchev–Trinajstić information content (AvgIpc) is 2.88. The first-order valence-electron chi connectivity index (χ1n) is 9.78. The van der Waals surface area contributed by atoms with Crippen LogP contribution in [0.2, 0.25) is 19.6 Å². The number of benzene rings is 1. The van der Waals surface area contributed by atoms with Crippen LogP contribution in [-0.2, 0) is 0 Å². The number of carbonyl (C=O) groups excluding carboxylic acids is 1. The maximum absolute atomic E-state index is 13.2. The molecule has 1 atom stereocenters. The van der Waals surface area contributed by atoms with Crippen LogP contribution in [0.4, 0.5) is 0 Å². The van der Waals surface area contributed by atoms with Crippen LogP contribution < -0.4 is 0 Å². The third-order valence-electron chi connectivity index (χ3n) is 4.11. The molecule has 3 aliphatic rings. The van der Waals surface area contributed by atoms with Crippen LogP contribution >= 0.6 is 0 Å². The molecule has 0 radical (unpaired) electrons. The molecule has 0 heterocycles. The van der Waals surface area contributed by atoms with Gasteiger partial charge in [-0.15, -0.1) is 5.73 Å². The van der Waals surface area contributed by atoms with Crippen molar-refractivity contribution >= 4 is 19.4 Å². The molecule has 0 fully saturated rings. The summed E-state index contributed by atoms with van der Waals surface area (Å²) < 4.78 is 42.2. The van der Waals surface area contributed by atoms with Gasteiger partial charge in [0, 0.05) is 35.1 Å². The average molecular weight is 307 g/mol. The Labute approximate surface area is 139 Å². The SMILES string of the molecule is [2H]C1=C([2H])C([2H])=C([2H])C2([2H])C1=C=C1C(=C2[Si](C)(C)C)C(=O)c2ccccc21. The maximum atomic E-state index is 13.2. The number of fused-ring (bicyclic) bond motifs is 4. The van der Waals surface area contributed by atoms with Crippen molar-refractivity contribution in [1.29, 1.82) is 0 Å². The van der Waals surface area contributed by atoms with Gasteiger partial charge in [0.15, 0.2) is 5.78 Å². The Balaban J connectivity index is 2.24. The van der Waals surface area contributed by atoms with E-state index in [1.165, 1.54) is 0 Å². The van der Waals surface area contributed by atoms with Gasteiger partial charge in [0.05, 0.1) is 13.6 Å². The Morgan fingerprint density at radius 1 is 1.18 bits per heavy atom. The van der Waals surface area contributed by atoms with Gasteiger partial charge in [-0.25, -0.2) is 0 Å². The van der Waals surface area contributed by atoms with Gasteiger partial charge in [-0.05, 0) is 0 Å². The van der Waals surface area contributed by atoms with E-state index >= 15 is 0 Å². The molecule has 22 heavy (non-hydrogen) atoms. The van der Waals surface area contributed by atoms with E-state index < -0.39 is 20.0 Å². The van der Waals surface area contributed by atoms with Crippen molar-refractivity contribution in [2.75, 3.05) is 0 Å². The van der Waals surface area contributed by atoms with Crippen LogP contribution in [0, 0.1) is 5.89 Å². The quantitative estimate of drug-likeness (QED) is 0.542. The molecule has 0 bridgehead atoms. The van der Waals surface area contributed by atoms with Crippen molar-refractivity contribution in [3.05, 3.63) is 81.7 Å². The van der Waals surface area contributed by atoms with E-state index in [1.54, 1.807) is 12.1 Å². The first-order valence-corrected chi connectivity index (χ1v) is 10.8. The van der Waals surface area contributed by atoms with E-state index in [-0.39, 0.29) is 29.5 Å². The van der Waals surface area contributed by atoms with Crippen LogP contribution in [0.3, 0.4) is 0 Å². The van der Waals surface area contributed by atoms with Gasteiger partial charge in [0.2, 0.25) is 0 Å². The number of ketones is 1. The zero-order valence-corrected chi connectivity index (χ0v) is 13.7. The highest BCUT2D eigenvalue weighted by Crippen LogP contribution is 2.47. The van der Waals surface area contributed by atoms with Gasteiger partial charge in [-0.3, -0.25) is 4.79 Å². The fourth-order valence-corrected chi connectivity index (χ4v) is 5.17. The molecule has 4 rings (SSSR count). The molecule has 1 nitrogen and oxygen atoms in total. The van der Waals surface area contributed by atoms with Gasteiger partial charge in [0.25, 0.3) is 0 Å². The monoisotopic (exact) mass is 307 g/mol. The molecule has 0 amide bonds. The van der Waals surface area contributed by atoms with Crippen LogP contribution in [-0.4, -0.2) is 13.9 Å². The second-order valence-corrected chi connectivity index (χ2v) is 11.6. The van der Waals surface area contributed by atoms with E-state index in [2.05, 4.69) is 5.73 Å². The highest BCUT2D eigenvalue weighted by Gasteiger charge is 2.41. The summed E-state index contributed by atoms with van der Waals surface area (Å²) in [6, 6.07) is 5.78. The van der Waals surface area contributed by atoms with E-state index in [9.17, 15) is 6.17 Å². The molecule has 108 valence electrons. The molecule has 0 aliphatic heterocycles. The molecular weight excluding hydrogens is 284 g/mol. The van der Waals surface area contributed by atoms with Crippen LogP contribution in [0.25, 0.3) is 5.57 Å². The molecule has 1 aromatic carbocycles. The molecule has 0 aromatic heterocycles. The molecule has 0 saturated carbocycles. The highest BCUT2D eigenvalue weighted by atomic mass is 28.3. The molecule has 0 saturated heterocycles. The lowest BCUT2D eigenvalue weighted by Gasteiger charge is -2.32. The zero-order valence-electron chi connectivity index (χ0n) is 17.7. The molecule has 0 spiro atoms. The number of hydrogen-bond acceptors (Lipinski definition) is 1. The molecule has 0 N–H and O–H groups in total. The predicted molar refractivity (Wildman–Crippen MR) is 93.3 cm³/mol. The van der Waals surface area contributed by atoms with Gasteiger partial charge < -0.3 is 0 Å². The fraction of sp³-hybridized carbons (Fsp3) is 0.200. The van der Waals surface area contributed by atoms with Crippen molar-refractivity contribution in [3.63, 3.8) is 0 Å². The predicted octanol–water partition coefficient (Wildman–Crippen LogP) is 4.72. The third-order valence-corrected chi connectivity index (χ3v) is 6.11. The molecule has 2 heteroatoms.